The Labute approximate surface area is 131 Å². The molecule has 0 fully saturated rings. The molecule has 1 aliphatic carbocycles. The van der Waals surface area contributed by atoms with Crippen LogP contribution in [0.15, 0.2) is 65.6 Å². The number of benzene rings is 2. The van der Waals surface area contributed by atoms with E-state index in [2.05, 4.69) is 0 Å². The molecule has 0 amide bonds. The maximum Gasteiger partial charge on any atom is 0.186 e. The van der Waals surface area contributed by atoms with E-state index < -0.39 is 16.4 Å². The molecule has 22 heavy (non-hydrogen) atoms. The molecule has 0 saturated heterocycles. The van der Waals surface area contributed by atoms with Crippen molar-refractivity contribution in [3.05, 3.63) is 77.4 Å². The molecule has 0 bridgehead atoms. The number of aryl methyl sites for hydroxylation is 1. The van der Waals surface area contributed by atoms with Gasteiger partial charge in [-0.05, 0) is 36.8 Å². The van der Waals surface area contributed by atoms with Crippen LogP contribution in [0.5, 0.6) is 0 Å². The van der Waals surface area contributed by atoms with Crippen LogP contribution in [-0.2, 0) is 16.4 Å². The minimum Gasteiger partial charge on any atom is -0.380 e. The number of hydrogen-bond donors (Lipinski definition) is 1. The third-order valence-corrected chi connectivity index (χ3v) is 5.30. The summed E-state index contributed by atoms with van der Waals surface area (Å²) < 4.78 is 12.6. The van der Waals surface area contributed by atoms with E-state index in [1.807, 2.05) is 19.1 Å². The van der Waals surface area contributed by atoms with Crippen molar-refractivity contribution in [2.75, 3.05) is 5.75 Å². The number of allylic oxidation sites excluding steroid dienone is 1. The van der Waals surface area contributed by atoms with Gasteiger partial charge < -0.3 is 5.11 Å². The van der Waals surface area contributed by atoms with E-state index in [0.717, 1.165) is 5.56 Å². The lowest BCUT2D eigenvalue weighted by atomic mass is 9.85. The molecule has 0 aromatic heterocycles. The van der Waals surface area contributed by atoms with Crippen molar-refractivity contribution in [3.63, 3.8) is 0 Å². The van der Waals surface area contributed by atoms with Crippen LogP contribution in [0.3, 0.4) is 0 Å². The zero-order valence-corrected chi connectivity index (χ0v) is 13.0. The van der Waals surface area contributed by atoms with Gasteiger partial charge in [-0.25, -0.2) is 0 Å². The number of aliphatic hydroxyl groups is 1. The van der Waals surface area contributed by atoms with Gasteiger partial charge in [0.2, 0.25) is 0 Å². The van der Waals surface area contributed by atoms with Crippen molar-refractivity contribution in [1.29, 1.82) is 0 Å². The monoisotopic (exact) mass is 312 g/mol. The second-order valence-corrected chi connectivity index (χ2v) is 6.92. The first kappa shape index (κ1) is 14.9. The molecule has 1 unspecified atom stereocenters. The summed E-state index contributed by atoms with van der Waals surface area (Å²) >= 11 is 0. The zero-order chi connectivity index (χ0) is 15.7. The SMILES string of the molecule is Cc1ccc(S(=O)C[C@]2(O)C=CC(=O)c3ccccc32)cc1. The molecular weight excluding hydrogens is 296 g/mol. The maximum atomic E-state index is 12.6. The highest BCUT2D eigenvalue weighted by atomic mass is 32.2. The third-order valence-electron chi connectivity index (χ3n) is 3.80. The minimum absolute atomic E-state index is 0.0247. The lowest BCUT2D eigenvalue weighted by Gasteiger charge is -2.29. The number of ketones is 1. The molecule has 0 spiro atoms. The summed E-state index contributed by atoms with van der Waals surface area (Å²) in [5.41, 5.74) is 0.685. The second kappa shape index (κ2) is 5.63. The molecule has 2 aromatic rings. The summed E-state index contributed by atoms with van der Waals surface area (Å²) in [6.45, 7) is 1.96. The molecule has 112 valence electrons. The van der Waals surface area contributed by atoms with Gasteiger partial charge in [-0.3, -0.25) is 9.00 Å². The standard InChI is InChI=1S/C18H16O3S/c1-13-6-8-14(9-7-13)22(21)12-18(20)11-10-17(19)15-4-2-3-5-16(15)18/h2-11,20H,12H2,1H3/t18-,22?/m1/s1. The average Bonchev–Trinajstić information content (AvgIpc) is 2.52. The molecular formula is C18H16O3S. The largest absolute Gasteiger partial charge is 0.380 e. The highest BCUT2D eigenvalue weighted by Gasteiger charge is 2.35. The van der Waals surface area contributed by atoms with Crippen LogP contribution < -0.4 is 0 Å². The normalized spacial score (nSPS) is 21.5. The van der Waals surface area contributed by atoms with Crippen LogP contribution in [0.2, 0.25) is 0 Å². The second-order valence-electron chi connectivity index (χ2n) is 5.47. The van der Waals surface area contributed by atoms with Crippen molar-refractivity contribution < 1.29 is 14.1 Å². The van der Waals surface area contributed by atoms with Gasteiger partial charge in [-0.15, -0.1) is 0 Å². The number of rotatable bonds is 3. The molecule has 4 heteroatoms. The fraction of sp³-hybridized carbons (Fsp3) is 0.167. The molecule has 0 saturated carbocycles. The molecule has 0 heterocycles. The van der Waals surface area contributed by atoms with Gasteiger partial charge in [-0.1, -0.05) is 42.0 Å². The smallest absolute Gasteiger partial charge is 0.186 e. The zero-order valence-electron chi connectivity index (χ0n) is 12.2. The van der Waals surface area contributed by atoms with Crippen LogP contribution in [-0.4, -0.2) is 20.9 Å². The van der Waals surface area contributed by atoms with Crippen LogP contribution in [0.1, 0.15) is 21.5 Å². The third kappa shape index (κ3) is 2.67. The topological polar surface area (TPSA) is 54.4 Å². The van der Waals surface area contributed by atoms with E-state index in [1.165, 1.54) is 12.2 Å². The number of hydrogen-bond acceptors (Lipinski definition) is 3. The Balaban J connectivity index is 1.94. The Morgan fingerprint density at radius 3 is 2.50 bits per heavy atom. The van der Waals surface area contributed by atoms with Crippen LogP contribution in [0, 0.1) is 6.92 Å². The molecule has 2 aromatic carbocycles. The van der Waals surface area contributed by atoms with E-state index in [0.29, 0.717) is 16.0 Å². The lowest BCUT2D eigenvalue weighted by molar-refractivity contribution is 0.0946. The maximum absolute atomic E-state index is 12.6. The highest BCUT2D eigenvalue weighted by Crippen LogP contribution is 2.32. The summed E-state index contributed by atoms with van der Waals surface area (Å²) in [7, 11) is -1.36. The summed E-state index contributed by atoms with van der Waals surface area (Å²) in [6, 6.07) is 14.3. The van der Waals surface area contributed by atoms with Crippen molar-refractivity contribution in [2.45, 2.75) is 17.4 Å². The van der Waals surface area contributed by atoms with Gasteiger partial charge in [0.15, 0.2) is 5.78 Å². The van der Waals surface area contributed by atoms with E-state index in [1.54, 1.807) is 36.4 Å². The summed E-state index contributed by atoms with van der Waals surface area (Å²) in [4.78, 5) is 12.6. The lowest BCUT2D eigenvalue weighted by Crippen LogP contribution is -2.34. The predicted octanol–water partition coefficient (Wildman–Crippen LogP) is 2.74. The molecule has 3 rings (SSSR count). The number of fused-ring (bicyclic) bond motifs is 1. The molecule has 1 aliphatic rings. The fourth-order valence-corrected chi connectivity index (χ4v) is 3.83. The van der Waals surface area contributed by atoms with Crippen molar-refractivity contribution in [2.24, 2.45) is 0 Å². The Morgan fingerprint density at radius 2 is 1.77 bits per heavy atom. The molecule has 2 atom stereocenters. The highest BCUT2D eigenvalue weighted by molar-refractivity contribution is 7.85. The summed E-state index contributed by atoms with van der Waals surface area (Å²) in [5.74, 6) is -0.113. The van der Waals surface area contributed by atoms with Crippen LogP contribution in [0.4, 0.5) is 0 Å². The first-order chi connectivity index (χ1) is 10.5. The first-order valence-corrected chi connectivity index (χ1v) is 8.32. The fourth-order valence-electron chi connectivity index (χ4n) is 2.57. The van der Waals surface area contributed by atoms with Crippen LogP contribution >= 0.6 is 0 Å². The van der Waals surface area contributed by atoms with E-state index in [-0.39, 0.29) is 11.5 Å². The van der Waals surface area contributed by atoms with Gasteiger partial charge in [0.25, 0.3) is 0 Å². The number of carbonyl (C=O) groups is 1. The quantitative estimate of drug-likeness (QED) is 0.948. The van der Waals surface area contributed by atoms with Gasteiger partial charge in [0, 0.05) is 10.5 Å². The minimum atomic E-state index is -1.39. The van der Waals surface area contributed by atoms with Gasteiger partial charge in [0.1, 0.15) is 5.60 Å². The van der Waals surface area contributed by atoms with E-state index in [4.69, 9.17) is 0 Å². The van der Waals surface area contributed by atoms with Gasteiger partial charge >= 0.3 is 0 Å². The van der Waals surface area contributed by atoms with Gasteiger partial charge in [0.05, 0.1) is 16.6 Å². The van der Waals surface area contributed by atoms with Crippen molar-refractivity contribution >= 4 is 16.6 Å². The van der Waals surface area contributed by atoms with Crippen LogP contribution in [0.25, 0.3) is 0 Å². The van der Waals surface area contributed by atoms with Crippen molar-refractivity contribution in [1.82, 2.24) is 0 Å². The molecule has 1 N–H and O–H groups in total. The number of carbonyl (C=O) groups excluding carboxylic acids is 1. The van der Waals surface area contributed by atoms with E-state index in [9.17, 15) is 14.1 Å². The van der Waals surface area contributed by atoms with Gasteiger partial charge in [-0.2, -0.15) is 0 Å². The average molecular weight is 312 g/mol. The Bertz CT molecular complexity index is 777. The Kier molecular flexibility index (Phi) is 3.81. The Morgan fingerprint density at radius 1 is 1.09 bits per heavy atom. The van der Waals surface area contributed by atoms with E-state index >= 15 is 0 Å². The molecule has 0 radical (unpaired) electrons. The molecule has 3 nitrogen and oxygen atoms in total. The summed E-state index contributed by atoms with van der Waals surface area (Å²) in [6.07, 6.45) is 2.80. The van der Waals surface area contributed by atoms with Crippen molar-refractivity contribution in [3.8, 4) is 0 Å². The predicted molar refractivity (Wildman–Crippen MR) is 86.3 cm³/mol. The summed E-state index contributed by atoms with van der Waals surface area (Å²) in [5, 5.41) is 10.9. The Hall–Kier alpha value is -2.04. The first-order valence-electron chi connectivity index (χ1n) is 7.00. The molecule has 0 aliphatic heterocycles.